The molecule has 2 aliphatic heterocycles. The van der Waals surface area contributed by atoms with Crippen LogP contribution in [-0.4, -0.2) is 57.0 Å². The summed E-state index contributed by atoms with van der Waals surface area (Å²) >= 11 is 0. The van der Waals surface area contributed by atoms with Gasteiger partial charge in [0.05, 0.1) is 11.5 Å². The van der Waals surface area contributed by atoms with E-state index in [0.717, 1.165) is 25.4 Å². The molecule has 2 fully saturated rings. The van der Waals surface area contributed by atoms with E-state index in [1.165, 1.54) is 32.2 Å². The zero-order chi connectivity index (χ0) is 13.0. The largest absolute Gasteiger partial charge is 0.314 e. The normalized spacial score (nSPS) is 30.4. The number of sulfone groups is 1. The van der Waals surface area contributed by atoms with Gasteiger partial charge in [0.25, 0.3) is 0 Å². The average Bonchev–Trinajstić information content (AvgIpc) is 2.34. The molecule has 2 saturated heterocycles. The number of hydrogen-bond donors (Lipinski definition) is 1. The lowest BCUT2D eigenvalue weighted by molar-refractivity contribution is 0.174. The maximum atomic E-state index is 11.3. The first kappa shape index (κ1) is 14.3. The average molecular weight is 274 g/mol. The van der Waals surface area contributed by atoms with E-state index < -0.39 is 9.84 Å². The summed E-state index contributed by atoms with van der Waals surface area (Å²) < 4.78 is 22.7. The molecule has 1 unspecified atom stereocenters. The van der Waals surface area contributed by atoms with E-state index in [-0.39, 0.29) is 0 Å². The van der Waals surface area contributed by atoms with Gasteiger partial charge in [0.15, 0.2) is 0 Å². The Morgan fingerprint density at radius 2 is 1.89 bits per heavy atom. The second-order valence-electron chi connectivity index (χ2n) is 5.80. The number of piperidine rings is 1. The van der Waals surface area contributed by atoms with Crippen molar-refractivity contribution < 1.29 is 8.42 Å². The molecule has 18 heavy (non-hydrogen) atoms. The van der Waals surface area contributed by atoms with Crippen LogP contribution in [0.2, 0.25) is 0 Å². The van der Waals surface area contributed by atoms with E-state index in [1.54, 1.807) is 0 Å². The fourth-order valence-corrected chi connectivity index (χ4v) is 4.55. The van der Waals surface area contributed by atoms with E-state index in [2.05, 4.69) is 17.3 Å². The van der Waals surface area contributed by atoms with Crippen LogP contribution in [0.25, 0.3) is 0 Å². The molecule has 0 aromatic heterocycles. The third kappa shape index (κ3) is 4.21. The van der Waals surface area contributed by atoms with Crippen LogP contribution < -0.4 is 5.32 Å². The highest BCUT2D eigenvalue weighted by atomic mass is 32.2. The Hall–Kier alpha value is -0.130. The summed E-state index contributed by atoms with van der Waals surface area (Å²) in [6.07, 6.45) is 6.79. The van der Waals surface area contributed by atoms with Crippen molar-refractivity contribution in [3.63, 3.8) is 0 Å². The van der Waals surface area contributed by atoms with Crippen molar-refractivity contribution in [2.24, 2.45) is 0 Å². The maximum Gasteiger partial charge on any atom is 0.150 e. The second kappa shape index (κ2) is 6.35. The molecule has 0 aromatic carbocycles. The van der Waals surface area contributed by atoms with Crippen LogP contribution >= 0.6 is 0 Å². The number of likely N-dealkylation sites (tertiary alicyclic amines) is 1. The van der Waals surface area contributed by atoms with Crippen molar-refractivity contribution in [3.8, 4) is 0 Å². The monoisotopic (exact) mass is 274 g/mol. The van der Waals surface area contributed by atoms with Crippen LogP contribution in [-0.2, 0) is 9.84 Å². The van der Waals surface area contributed by atoms with Crippen LogP contribution in [0.5, 0.6) is 0 Å². The van der Waals surface area contributed by atoms with Gasteiger partial charge in [-0.1, -0.05) is 6.42 Å². The van der Waals surface area contributed by atoms with Crippen LogP contribution in [0.1, 0.15) is 38.5 Å². The van der Waals surface area contributed by atoms with Crippen molar-refractivity contribution in [3.05, 3.63) is 0 Å². The number of nitrogens with zero attached hydrogens (tertiary/aromatic N) is 1. The molecule has 4 nitrogen and oxygen atoms in total. The summed E-state index contributed by atoms with van der Waals surface area (Å²) in [4.78, 5) is 2.47. The van der Waals surface area contributed by atoms with Crippen molar-refractivity contribution in [1.29, 1.82) is 0 Å². The van der Waals surface area contributed by atoms with Gasteiger partial charge in [0.1, 0.15) is 9.84 Å². The first-order valence-corrected chi connectivity index (χ1v) is 9.03. The topological polar surface area (TPSA) is 49.4 Å². The molecule has 1 N–H and O–H groups in total. The molecule has 0 aromatic rings. The summed E-state index contributed by atoms with van der Waals surface area (Å²) in [6.45, 7) is 2.26. The molecule has 106 valence electrons. The Kier molecular flexibility index (Phi) is 5.04. The standard InChI is InChI=1S/C13H26N2O2S/c1-15-9-3-2-4-13(15)5-8-14-12-6-10-18(16,17)11-7-12/h12-14H,2-11H2,1H3. The number of nitrogens with one attached hydrogen (secondary N) is 1. The first-order valence-electron chi connectivity index (χ1n) is 7.21. The summed E-state index contributed by atoms with van der Waals surface area (Å²) in [7, 11) is -0.499. The van der Waals surface area contributed by atoms with Crippen molar-refractivity contribution in [1.82, 2.24) is 10.2 Å². The molecule has 0 amide bonds. The minimum Gasteiger partial charge on any atom is -0.314 e. The Balaban J connectivity index is 1.63. The van der Waals surface area contributed by atoms with Gasteiger partial charge in [-0.15, -0.1) is 0 Å². The Labute approximate surface area is 111 Å². The molecule has 2 rings (SSSR count). The Morgan fingerprint density at radius 3 is 2.56 bits per heavy atom. The molecule has 2 heterocycles. The molecule has 1 atom stereocenters. The van der Waals surface area contributed by atoms with Gasteiger partial charge in [-0.05, 0) is 52.2 Å². The number of hydrogen-bond acceptors (Lipinski definition) is 4. The summed E-state index contributed by atoms with van der Waals surface area (Å²) in [6, 6.07) is 1.14. The molecule has 0 saturated carbocycles. The van der Waals surface area contributed by atoms with E-state index in [4.69, 9.17) is 0 Å². The minimum atomic E-state index is -2.72. The molecular formula is C13H26N2O2S. The maximum absolute atomic E-state index is 11.3. The first-order chi connectivity index (χ1) is 8.57. The highest BCUT2D eigenvalue weighted by Crippen LogP contribution is 2.18. The molecule has 0 spiro atoms. The molecule has 0 bridgehead atoms. The molecular weight excluding hydrogens is 248 g/mol. The van der Waals surface area contributed by atoms with Gasteiger partial charge >= 0.3 is 0 Å². The molecule has 5 heteroatoms. The summed E-state index contributed by atoms with van der Waals surface area (Å²) in [5, 5.41) is 3.54. The van der Waals surface area contributed by atoms with Crippen LogP contribution in [0.4, 0.5) is 0 Å². The number of rotatable bonds is 4. The minimum absolute atomic E-state index is 0.369. The second-order valence-corrected chi connectivity index (χ2v) is 8.10. The zero-order valence-electron chi connectivity index (χ0n) is 11.4. The lowest BCUT2D eigenvalue weighted by Gasteiger charge is -2.33. The smallest absolute Gasteiger partial charge is 0.150 e. The van der Waals surface area contributed by atoms with E-state index in [0.29, 0.717) is 17.5 Å². The highest BCUT2D eigenvalue weighted by Gasteiger charge is 2.24. The van der Waals surface area contributed by atoms with Gasteiger partial charge in [0.2, 0.25) is 0 Å². The predicted octanol–water partition coefficient (Wildman–Crippen LogP) is 1.03. The predicted molar refractivity (Wildman–Crippen MR) is 74.6 cm³/mol. The third-order valence-electron chi connectivity index (χ3n) is 4.39. The highest BCUT2D eigenvalue weighted by molar-refractivity contribution is 7.91. The quantitative estimate of drug-likeness (QED) is 0.832. The van der Waals surface area contributed by atoms with E-state index >= 15 is 0 Å². The fraction of sp³-hybridized carbons (Fsp3) is 1.00. The van der Waals surface area contributed by atoms with Crippen LogP contribution in [0.3, 0.4) is 0 Å². The Morgan fingerprint density at radius 1 is 1.17 bits per heavy atom. The molecule has 0 radical (unpaired) electrons. The van der Waals surface area contributed by atoms with Gasteiger partial charge in [0, 0.05) is 12.1 Å². The van der Waals surface area contributed by atoms with Gasteiger partial charge in [-0.2, -0.15) is 0 Å². The SMILES string of the molecule is CN1CCCCC1CCNC1CCS(=O)(=O)CC1. The molecule has 0 aliphatic carbocycles. The fourth-order valence-electron chi connectivity index (χ4n) is 3.06. The van der Waals surface area contributed by atoms with Crippen molar-refractivity contribution >= 4 is 9.84 Å². The van der Waals surface area contributed by atoms with Gasteiger partial charge in [-0.3, -0.25) is 0 Å². The third-order valence-corrected chi connectivity index (χ3v) is 6.10. The van der Waals surface area contributed by atoms with Crippen LogP contribution in [0, 0.1) is 0 Å². The summed E-state index contributed by atoms with van der Waals surface area (Å²) in [5.41, 5.74) is 0. The van der Waals surface area contributed by atoms with Crippen molar-refractivity contribution in [2.45, 2.75) is 50.6 Å². The molecule has 2 aliphatic rings. The Bertz CT molecular complexity index is 342. The zero-order valence-corrected chi connectivity index (χ0v) is 12.2. The summed E-state index contributed by atoms with van der Waals surface area (Å²) in [5.74, 6) is 0.738. The van der Waals surface area contributed by atoms with Gasteiger partial charge < -0.3 is 10.2 Å². The van der Waals surface area contributed by atoms with Crippen LogP contribution in [0.15, 0.2) is 0 Å². The van der Waals surface area contributed by atoms with E-state index in [9.17, 15) is 8.42 Å². The van der Waals surface area contributed by atoms with E-state index in [1.807, 2.05) is 0 Å². The lowest BCUT2D eigenvalue weighted by atomic mass is 10.00. The lowest BCUT2D eigenvalue weighted by Crippen LogP contribution is -2.42. The van der Waals surface area contributed by atoms with Gasteiger partial charge in [-0.25, -0.2) is 8.42 Å². The van der Waals surface area contributed by atoms with Crippen molar-refractivity contribution in [2.75, 3.05) is 31.6 Å².